The lowest BCUT2D eigenvalue weighted by atomic mass is 10.1. The van der Waals surface area contributed by atoms with Gasteiger partial charge in [0.15, 0.2) is 0 Å². The van der Waals surface area contributed by atoms with E-state index in [1.807, 2.05) is 55.5 Å². The molecule has 2 aromatic carbocycles. The number of carbonyl (C=O) groups is 1. The van der Waals surface area contributed by atoms with Crippen molar-refractivity contribution >= 4 is 40.1 Å². The van der Waals surface area contributed by atoms with E-state index < -0.39 is 0 Å². The van der Waals surface area contributed by atoms with Crippen LogP contribution in [0.25, 0.3) is 0 Å². The third kappa shape index (κ3) is 4.45. The first kappa shape index (κ1) is 16.3. The second-order valence-corrected chi connectivity index (χ2v) is 6.34. The molecule has 0 saturated heterocycles. The van der Waals surface area contributed by atoms with Gasteiger partial charge in [0.1, 0.15) is 0 Å². The molecule has 1 unspecified atom stereocenters. The Morgan fingerprint density at radius 3 is 2.57 bits per heavy atom. The number of hydrogen-bond acceptors (Lipinski definition) is 1. The highest BCUT2D eigenvalue weighted by molar-refractivity contribution is 14.1. The number of benzene rings is 2. The Kier molecular flexibility index (Phi) is 6.06. The Morgan fingerprint density at radius 1 is 1.19 bits per heavy atom. The van der Waals surface area contributed by atoms with Crippen LogP contribution in [0.1, 0.15) is 21.5 Å². The minimum absolute atomic E-state index is 0.0651. The first-order valence-corrected chi connectivity index (χ1v) is 8.39. The van der Waals surface area contributed by atoms with E-state index in [9.17, 15) is 4.79 Å². The Balaban J connectivity index is 2.08. The minimum Gasteiger partial charge on any atom is -0.348 e. The topological polar surface area (TPSA) is 29.1 Å². The molecule has 2 nitrogen and oxygen atoms in total. The highest BCUT2D eigenvalue weighted by Crippen LogP contribution is 2.17. The van der Waals surface area contributed by atoms with Gasteiger partial charge in [-0.2, -0.15) is 0 Å². The summed E-state index contributed by atoms with van der Waals surface area (Å²) >= 11 is 8.21. The van der Waals surface area contributed by atoms with Gasteiger partial charge in [-0.15, -0.1) is 11.6 Å². The van der Waals surface area contributed by atoms with Gasteiger partial charge in [-0.25, -0.2) is 0 Å². The number of carbonyl (C=O) groups excluding carboxylic acids is 1. The Hall–Kier alpha value is -1.07. The largest absolute Gasteiger partial charge is 0.348 e. The summed E-state index contributed by atoms with van der Waals surface area (Å²) in [7, 11) is 0. The molecule has 0 heterocycles. The molecule has 0 fully saturated rings. The molecular formula is C17H17ClINO. The number of amides is 1. The Morgan fingerprint density at radius 2 is 1.90 bits per heavy atom. The van der Waals surface area contributed by atoms with E-state index >= 15 is 0 Å². The lowest BCUT2D eigenvalue weighted by molar-refractivity contribution is 0.0939. The maximum atomic E-state index is 12.4. The lowest BCUT2D eigenvalue weighted by Gasteiger charge is -2.17. The standard InChI is InChI=1S/C17H17ClINO/c1-12-6-5-9-15(16(12)19)17(21)20-14(11-18)10-13-7-3-2-4-8-13/h2-9,14H,10-11H2,1H3,(H,20,21). The molecule has 0 aliphatic carbocycles. The summed E-state index contributed by atoms with van der Waals surface area (Å²) in [5.41, 5.74) is 2.98. The summed E-state index contributed by atoms with van der Waals surface area (Å²) in [6, 6.07) is 15.7. The fourth-order valence-corrected chi connectivity index (χ4v) is 2.92. The van der Waals surface area contributed by atoms with Gasteiger partial charge < -0.3 is 5.32 Å². The lowest BCUT2D eigenvalue weighted by Crippen LogP contribution is -2.38. The van der Waals surface area contributed by atoms with E-state index in [2.05, 4.69) is 27.9 Å². The molecule has 2 aromatic rings. The van der Waals surface area contributed by atoms with Crippen LogP contribution < -0.4 is 5.32 Å². The van der Waals surface area contributed by atoms with Crippen LogP contribution >= 0.6 is 34.2 Å². The minimum atomic E-state index is -0.0714. The zero-order valence-electron chi connectivity index (χ0n) is 11.8. The SMILES string of the molecule is Cc1cccc(C(=O)NC(CCl)Cc2ccccc2)c1I. The summed E-state index contributed by atoms with van der Waals surface area (Å²) < 4.78 is 0.987. The van der Waals surface area contributed by atoms with Crippen LogP contribution in [0.15, 0.2) is 48.5 Å². The van der Waals surface area contributed by atoms with E-state index in [4.69, 9.17) is 11.6 Å². The number of halogens is 2. The summed E-state index contributed by atoms with van der Waals surface area (Å²) in [5.74, 6) is 0.327. The predicted octanol–water partition coefficient (Wildman–Crippen LogP) is 4.18. The van der Waals surface area contributed by atoms with E-state index in [0.717, 1.165) is 15.6 Å². The summed E-state index contributed by atoms with van der Waals surface area (Å²) in [5, 5.41) is 3.02. The van der Waals surface area contributed by atoms with Crippen molar-refractivity contribution in [2.45, 2.75) is 19.4 Å². The fourth-order valence-electron chi connectivity index (χ4n) is 2.13. The van der Waals surface area contributed by atoms with Crippen LogP contribution in [-0.4, -0.2) is 17.8 Å². The van der Waals surface area contributed by atoms with Crippen molar-refractivity contribution in [2.24, 2.45) is 0 Å². The maximum Gasteiger partial charge on any atom is 0.252 e. The molecule has 110 valence electrons. The van der Waals surface area contributed by atoms with Crippen LogP contribution in [0, 0.1) is 10.5 Å². The van der Waals surface area contributed by atoms with Crippen molar-refractivity contribution in [2.75, 3.05) is 5.88 Å². The van der Waals surface area contributed by atoms with Crippen molar-refractivity contribution in [3.05, 3.63) is 68.8 Å². The zero-order chi connectivity index (χ0) is 15.2. The number of nitrogens with one attached hydrogen (secondary N) is 1. The second kappa shape index (κ2) is 7.80. The molecule has 0 aliphatic rings. The summed E-state index contributed by atoms with van der Waals surface area (Å²) in [6.07, 6.45) is 0.735. The van der Waals surface area contributed by atoms with Gasteiger partial charge in [-0.1, -0.05) is 42.5 Å². The van der Waals surface area contributed by atoms with Gasteiger partial charge in [0.05, 0.1) is 5.56 Å². The molecule has 21 heavy (non-hydrogen) atoms. The van der Waals surface area contributed by atoms with Crippen molar-refractivity contribution in [3.8, 4) is 0 Å². The predicted molar refractivity (Wildman–Crippen MR) is 96.0 cm³/mol. The molecule has 1 N–H and O–H groups in total. The van der Waals surface area contributed by atoms with Crippen LogP contribution in [0.3, 0.4) is 0 Å². The summed E-state index contributed by atoms with van der Waals surface area (Å²) in [4.78, 5) is 12.4. The fraction of sp³-hybridized carbons (Fsp3) is 0.235. The molecule has 0 radical (unpaired) electrons. The van der Waals surface area contributed by atoms with Crippen molar-refractivity contribution in [1.29, 1.82) is 0 Å². The van der Waals surface area contributed by atoms with Crippen molar-refractivity contribution in [3.63, 3.8) is 0 Å². The molecule has 0 aromatic heterocycles. The molecule has 0 spiro atoms. The normalized spacial score (nSPS) is 12.0. The third-order valence-electron chi connectivity index (χ3n) is 3.28. The molecule has 1 atom stereocenters. The smallest absolute Gasteiger partial charge is 0.252 e. The first-order chi connectivity index (χ1) is 10.1. The third-order valence-corrected chi connectivity index (χ3v) is 5.09. The number of rotatable bonds is 5. The van der Waals surface area contributed by atoms with E-state index in [-0.39, 0.29) is 11.9 Å². The first-order valence-electron chi connectivity index (χ1n) is 6.77. The number of aryl methyl sites for hydroxylation is 1. The van der Waals surface area contributed by atoms with Crippen LogP contribution in [0.2, 0.25) is 0 Å². The Bertz CT molecular complexity index is 615. The van der Waals surface area contributed by atoms with Crippen LogP contribution in [-0.2, 0) is 6.42 Å². The molecule has 0 saturated carbocycles. The van der Waals surface area contributed by atoms with Crippen molar-refractivity contribution in [1.82, 2.24) is 5.32 Å². The highest BCUT2D eigenvalue weighted by atomic mass is 127. The van der Waals surface area contributed by atoms with E-state index in [0.29, 0.717) is 11.4 Å². The van der Waals surface area contributed by atoms with Crippen molar-refractivity contribution < 1.29 is 4.79 Å². The quantitative estimate of drug-likeness (QED) is 0.578. The van der Waals surface area contributed by atoms with Gasteiger partial charge in [0, 0.05) is 15.5 Å². The number of hydrogen-bond donors (Lipinski definition) is 1. The van der Waals surface area contributed by atoms with E-state index in [1.165, 1.54) is 5.56 Å². The van der Waals surface area contributed by atoms with Crippen LogP contribution in [0.4, 0.5) is 0 Å². The van der Waals surface area contributed by atoms with Gasteiger partial charge in [0.25, 0.3) is 5.91 Å². The zero-order valence-corrected chi connectivity index (χ0v) is 14.7. The average Bonchev–Trinajstić information content (AvgIpc) is 2.50. The van der Waals surface area contributed by atoms with Crippen LogP contribution in [0.5, 0.6) is 0 Å². The monoisotopic (exact) mass is 413 g/mol. The Labute approximate surface area is 144 Å². The second-order valence-electron chi connectivity index (χ2n) is 4.95. The molecule has 0 aliphatic heterocycles. The molecular weight excluding hydrogens is 397 g/mol. The summed E-state index contributed by atoms with van der Waals surface area (Å²) in [6.45, 7) is 2.00. The number of alkyl halides is 1. The van der Waals surface area contributed by atoms with Gasteiger partial charge in [0.2, 0.25) is 0 Å². The van der Waals surface area contributed by atoms with Gasteiger partial charge in [-0.3, -0.25) is 4.79 Å². The highest BCUT2D eigenvalue weighted by Gasteiger charge is 2.16. The van der Waals surface area contributed by atoms with E-state index in [1.54, 1.807) is 0 Å². The molecule has 0 bridgehead atoms. The molecule has 1 amide bonds. The van der Waals surface area contributed by atoms with Gasteiger partial charge in [-0.05, 0) is 53.1 Å². The average molecular weight is 414 g/mol. The molecule has 4 heteroatoms. The molecule has 2 rings (SSSR count). The van der Waals surface area contributed by atoms with Gasteiger partial charge >= 0.3 is 0 Å². The maximum absolute atomic E-state index is 12.4.